The highest BCUT2D eigenvalue weighted by Gasteiger charge is 2.29. The minimum Gasteiger partial charge on any atom is -0.496 e. The van der Waals surface area contributed by atoms with Crippen LogP contribution in [0.1, 0.15) is 45.1 Å². The molecule has 0 radical (unpaired) electrons. The molecule has 0 spiro atoms. The standard InChI is InChI=1S/C18H28BrNO/c1-4-13-6-8-17(20-5-2)15(10-13)11-14-7-9-18(21-3)16(19)12-14/h7,9,12-13,15,17,20H,4-6,8,10-11H2,1-3H3. The van der Waals surface area contributed by atoms with E-state index in [2.05, 4.69) is 53.3 Å². The van der Waals surface area contributed by atoms with E-state index >= 15 is 0 Å². The van der Waals surface area contributed by atoms with Crippen LogP contribution in [0.3, 0.4) is 0 Å². The quantitative estimate of drug-likeness (QED) is 0.792. The van der Waals surface area contributed by atoms with E-state index in [0.29, 0.717) is 6.04 Å². The van der Waals surface area contributed by atoms with Gasteiger partial charge in [0.2, 0.25) is 0 Å². The van der Waals surface area contributed by atoms with Crippen LogP contribution in [0.15, 0.2) is 22.7 Å². The summed E-state index contributed by atoms with van der Waals surface area (Å²) in [4.78, 5) is 0. The van der Waals surface area contributed by atoms with Gasteiger partial charge in [-0.05, 0) is 77.7 Å². The Bertz CT molecular complexity index is 449. The summed E-state index contributed by atoms with van der Waals surface area (Å²) >= 11 is 3.60. The zero-order valence-corrected chi connectivity index (χ0v) is 15.1. The maximum atomic E-state index is 5.32. The van der Waals surface area contributed by atoms with Crippen LogP contribution in [0.25, 0.3) is 0 Å². The van der Waals surface area contributed by atoms with Crippen LogP contribution in [0.5, 0.6) is 5.75 Å². The molecule has 1 fully saturated rings. The van der Waals surface area contributed by atoms with Crippen molar-refractivity contribution in [2.24, 2.45) is 11.8 Å². The molecule has 1 aliphatic carbocycles. The summed E-state index contributed by atoms with van der Waals surface area (Å²) in [5, 5.41) is 3.70. The Morgan fingerprint density at radius 2 is 2.10 bits per heavy atom. The molecule has 21 heavy (non-hydrogen) atoms. The summed E-state index contributed by atoms with van der Waals surface area (Å²) in [6.45, 7) is 5.62. The molecule has 1 saturated carbocycles. The molecule has 0 saturated heterocycles. The molecule has 0 amide bonds. The van der Waals surface area contributed by atoms with Crippen molar-refractivity contribution in [1.29, 1.82) is 0 Å². The fourth-order valence-electron chi connectivity index (χ4n) is 3.63. The minimum atomic E-state index is 0.679. The average Bonchev–Trinajstić information content (AvgIpc) is 2.49. The molecule has 1 aromatic carbocycles. The maximum absolute atomic E-state index is 5.32. The predicted octanol–water partition coefficient (Wildman–Crippen LogP) is 4.80. The average molecular weight is 354 g/mol. The Morgan fingerprint density at radius 3 is 2.71 bits per heavy atom. The molecule has 1 aromatic rings. The molecule has 0 aromatic heterocycles. The van der Waals surface area contributed by atoms with Crippen molar-refractivity contribution in [3.05, 3.63) is 28.2 Å². The van der Waals surface area contributed by atoms with Crippen molar-refractivity contribution in [3.63, 3.8) is 0 Å². The van der Waals surface area contributed by atoms with E-state index in [0.717, 1.165) is 35.0 Å². The zero-order valence-electron chi connectivity index (χ0n) is 13.5. The number of ether oxygens (including phenoxy) is 1. The lowest BCUT2D eigenvalue weighted by molar-refractivity contribution is 0.200. The molecule has 3 atom stereocenters. The normalized spacial score (nSPS) is 25.8. The van der Waals surface area contributed by atoms with Crippen LogP contribution < -0.4 is 10.1 Å². The van der Waals surface area contributed by atoms with Crippen LogP contribution in [0.2, 0.25) is 0 Å². The SMILES string of the molecule is CCNC1CCC(CC)CC1Cc1ccc(OC)c(Br)c1. The molecule has 2 nitrogen and oxygen atoms in total. The molecule has 2 rings (SSSR count). The van der Waals surface area contributed by atoms with Gasteiger partial charge in [0.15, 0.2) is 0 Å². The molecule has 0 aliphatic heterocycles. The lowest BCUT2D eigenvalue weighted by Gasteiger charge is -2.36. The third-order valence-electron chi connectivity index (χ3n) is 4.85. The Morgan fingerprint density at radius 1 is 1.29 bits per heavy atom. The van der Waals surface area contributed by atoms with E-state index in [4.69, 9.17) is 4.74 Å². The predicted molar refractivity (Wildman–Crippen MR) is 93.0 cm³/mol. The highest BCUT2D eigenvalue weighted by Crippen LogP contribution is 2.34. The summed E-state index contributed by atoms with van der Waals surface area (Å²) in [6, 6.07) is 7.18. The molecule has 0 bridgehead atoms. The van der Waals surface area contributed by atoms with Gasteiger partial charge >= 0.3 is 0 Å². The number of rotatable bonds is 6. The Balaban J connectivity index is 2.07. The van der Waals surface area contributed by atoms with Crippen LogP contribution in [-0.2, 0) is 6.42 Å². The molecule has 3 unspecified atom stereocenters. The number of nitrogens with one attached hydrogen (secondary N) is 1. The van der Waals surface area contributed by atoms with Crippen LogP contribution in [0.4, 0.5) is 0 Å². The smallest absolute Gasteiger partial charge is 0.133 e. The van der Waals surface area contributed by atoms with E-state index in [1.165, 1.54) is 31.2 Å². The van der Waals surface area contributed by atoms with Crippen molar-refractivity contribution in [2.75, 3.05) is 13.7 Å². The van der Waals surface area contributed by atoms with Crippen molar-refractivity contribution < 1.29 is 4.74 Å². The van der Waals surface area contributed by atoms with Gasteiger partial charge in [0.25, 0.3) is 0 Å². The topological polar surface area (TPSA) is 21.3 Å². The summed E-state index contributed by atoms with van der Waals surface area (Å²) in [6.07, 6.45) is 6.56. The number of benzene rings is 1. The van der Waals surface area contributed by atoms with Gasteiger partial charge in [-0.1, -0.05) is 26.3 Å². The Hall–Kier alpha value is -0.540. The van der Waals surface area contributed by atoms with Crippen molar-refractivity contribution >= 4 is 15.9 Å². The monoisotopic (exact) mass is 353 g/mol. The van der Waals surface area contributed by atoms with Crippen molar-refractivity contribution in [2.45, 2.75) is 52.0 Å². The van der Waals surface area contributed by atoms with Crippen LogP contribution >= 0.6 is 15.9 Å². The molecule has 3 heteroatoms. The minimum absolute atomic E-state index is 0.679. The Kier molecular flexibility index (Phi) is 6.56. The summed E-state index contributed by atoms with van der Waals surface area (Å²) in [7, 11) is 1.72. The van der Waals surface area contributed by atoms with Gasteiger partial charge in [0.1, 0.15) is 5.75 Å². The molecular formula is C18H28BrNO. The van der Waals surface area contributed by atoms with Crippen LogP contribution in [0, 0.1) is 11.8 Å². The highest BCUT2D eigenvalue weighted by atomic mass is 79.9. The first-order chi connectivity index (χ1) is 10.2. The molecule has 118 valence electrons. The molecule has 0 heterocycles. The first-order valence-corrected chi connectivity index (χ1v) is 9.03. The lowest BCUT2D eigenvalue weighted by Crippen LogP contribution is -2.41. The number of hydrogen-bond donors (Lipinski definition) is 1. The van der Waals surface area contributed by atoms with E-state index < -0.39 is 0 Å². The van der Waals surface area contributed by atoms with Crippen molar-refractivity contribution in [1.82, 2.24) is 5.32 Å². The van der Waals surface area contributed by atoms with Gasteiger partial charge in [0.05, 0.1) is 11.6 Å². The van der Waals surface area contributed by atoms with E-state index in [1.54, 1.807) is 7.11 Å². The number of halogens is 1. The zero-order chi connectivity index (χ0) is 15.2. The van der Waals surface area contributed by atoms with E-state index in [9.17, 15) is 0 Å². The van der Waals surface area contributed by atoms with Crippen molar-refractivity contribution in [3.8, 4) is 5.75 Å². The lowest BCUT2D eigenvalue weighted by atomic mass is 9.74. The maximum Gasteiger partial charge on any atom is 0.133 e. The molecule has 1 aliphatic rings. The fourth-order valence-corrected chi connectivity index (χ4v) is 4.22. The summed E-state index contributed by atoms with van der Waals surface area (Å²) in [5.74, 6) is 2.58. The largest absolute Gasteiger partial charge is 0.496 e. The number of hydrogen-bond acceptors (Lipinski definition) is 2. The van der Waals surface area contributed by atoms with Gasteiger partial charge in [0, 0.05) is 6.04 Å². The van der Waals surface area contributed by atoms with Gasteiger partial charge < -0.3 is 10.1 Å². The highest BCUT2D eigenvalue weighted by molar-refractivity contribution is 9.10. The third-order valence-corrected chi connectivity index (χ3v) is 5.47. The first kappa shape index (κ1) is 16.8. The van der Waals surface area contributed by atoms with E-state index in [1.807, 2.05) is 0 Å². The second-order valence-electron chi connectivity index (χ2n) is 6.18. The van der Waals surface area contributed by atoms with Gasteiger partial charge in [-0.2, -0.15) is 0 Å². The number of methoxy groups -OCH3 is 1. The summed E-state index contributed by atoms with van der Waals surface area (Å²) < 4.78 is 6.39. The molecular weight excluding hydrogens is 326 g/mol. The molecule has 1 N–H and O–H groups in total. The fraction of sp³-hybridized carbons (Fsp3) is 0.667. The van der Waals surface area contributed by atoms with E-state index in [-0.39, 0.29) is 0 Å². The first-order valence-electron chi connectivity index (χ1n) is 8.23. The van der Waals surface area contributed by atoms with Crippen LogP contribution in [-0.4, -0.2) is 19.7 Å². The van der Waals surface area contributed by atoms with Gasteiger partial charge in [-0.15, -0.1) is 0 Å². The second kappa shape index (κ2) is 8.19. The van der Waals surface area contributed by atoms with Gasteiger partial charge in [-0.25, -0.2) is 0 Å². The second-order valence-corrected chi connectivity index (χ2v) is 7.04. The Labute approximate surface area is 137 Å². The third kappa shape index (κ3) is 4.46. The summed E-state index contributed by atoms with van der Waals surface area (Å²) in [5.41, 5.74) is 1.41. The van der Waals surface area contributed by atoms with Gasteiger partial charge in [-0.3, -0.25) is 0 Å².